The zero-order valence-corrected chi connectivity index (χ0v) is 11.3. The van der Waals surface area contributed by atoms with E-state index >= 15 is 0 Å². The van der Waals surface area contributed by atoms with Crippen LogP contribution in [0.3, 0.4) is 0 Å². The van der Waals surface area contributed by atoms with E-state index in [0.717, 1.165) is 13.1 Å². The number of carbonyl (C=O) groups is 1. The van der Waals surface area contributed by atoms with Crippen LogP contribution in [0.4, 0.5) is 0 Å². The minimum absolute atomic E-state index is 0.0994. The quantitative estimate of drug-likeness (QED) is 0.857. The summed E-state index contributed by atoms with van der Waals surface area (Å²) in [4.78, 5) is 17.3. The molecule has 18 heavy (non-hydrogen) atoms. The third-order valence-corrected chi connectivity index (χ3v) is 3.54. The van der Waals surface area contributed by atoms with Crippen molar-refractivity contribution in [1.29, 1.82) is 0 Å². The average Bonchev–Trinajstić information content (AvgIpc) is 2.90. The Bertz CT molecular complexity index is 366. The van der Waals surface area contributed by atoms with E-state index in [0.29, 0.717) is 11.7 Å². The number of piperidine rings is 1. The van der Waals surface area contributed by atoms with E-state index in [4.69, 9.17) is 0 Å². The fourth-order valence-electron chi connectivity index (χ4n) is 2.46. The molecule has 1 saturated heterocycles. The molecule has 0 aliphatic carbocycles. The van der Waals surface area contributed by atoms with Crippen LogP contribution in [0.5, 0.6) is 0 Å². The monoisotopic (exact) mass is 249 g/mol. The Labute approximate surface area is 109 Å². The molecule has 2 heterocycles. The Morgan fingerprint density at radius 2 is 2.33 bits per heavy atom. The fraction of sp³-hybridized carbons (Fsp3) is 0.643. The minimum atomic E-state index is 0.0994. The van der Waals surface area contributed by atoms with Gasteiger partial charge in [-0.1, -0.05) is 6.42 Å². The third-order valence-electron chi connectivity index (χ3n) is 3.54. The van der Waals surface area contributed by atoms with Crippen molar-refractivity contribution in [2.45, 2.75) is 45.2 Å². The summed E-state index contributed by atoms with van der Waals surface area (Å²) in [6, 6.07) is 4.38. The number of H-pyrrole nitrogens is 1. The van der Waals surface area contributed by atoms with Crippen LogP contribution < -0.4 is 5.32 Å². The highest BCUT2D eigenvalue weighted by Crippen LogP contribution is 2.13. The molecule has 0 bridgehead atoms. The first-order valence-electron chi connectivity index (χ1n) is 6.86. The van der Waals surface area contributed by atoms with Crippen LogP contribution in [0.1, 0.15) is 43.6 Å². The van der Waals surface area contributed by atoms with Crippen LogP contribution in [0.15, 0.2) is 18.3 Å². The van der Waals surface area contributed by atoms with Gasteiger partial charge in [-0.05, 0) is 45.4 Å². The van der Waals surface area contributed by atoms with Crippen molar-refractivity contribution in [3.63, 3.8) is 0 Å². The van der Waals surface area contributed by atoms with E-state index in [1.54, 1.807) is 6.20 Å². The highest BCUT2D eigenvalue weighted by Gasteiger charge is 2.23. The van der Waals surface area contributed by atoms with Gasteiger partial charge in [0.2, 0.25) is 0 Å². The molecule has 1 aromatic heterocycles. The highest BCUT2D eigenvalue weighted by atomic mass is 16.2. The Balaban J connectivity index is 2.01. The number of amides is 1. The normalized spacial score (nSPS) is 20.1. The Kier molecular flexibility index (Phi) is 4.42. The first-order chi connectivity index (χ1) is 8.68. The number of hydrogen-bond acceptors (Lipinski definition) is 2. The summed E-state index contributed by atoms with van der Waals surface area (Å²) in [5.41, 5.74) is 0.680. The molecule has 1 atom stereocenters. The number of hydrogen-bond donors (Lipinski definition) is 2. The van der Waals surface area contributed by atoms with E-state index in [2.05, 4.69) is 24.1 Å². The van der Waals surface area contributed by atoms with E-state index < -0.39 is 0 Å². The van der Waals surface area contributed by atoms with Gasteiger partial charge in [0.1, 0.15) is 5.69 Å². The fourth-order valence-corrected chi connectivity index (χ4v) is 2.46. The lowest BCUT2D eigenvalue weighted by molar-refractivity contribution is 0.0671. The summed E-state index contributed by atoms with van der Waals surface area (Å²) in [7, 11) is 0. The zero-order chi connectivity index (χ0) is 13.0. The van der Waals surface area contributed by atoms with Crippen LogP contribution in [0.25, 0.3) is 0 Å². The SMILES string of the molecule is CC(C)N(CC1CCCCN1)C(=O)c1ccc[nH]1. The molecule has 0 aromatic carbocycles. The number of aromatic nitrogens is 1. The second-order valence-corrected chi connectivity index (χ2v) is 5.28. The van der Waals surface area contributed by atoms with Gasteiger partial charge < -0.3 is 15.2 Å². The van der Waals surface area contributed by atoms with Crippen molar-refractivity contribution >= 4 is 5.91 Å². The zero-order valence-electron chi connectivity index (χ0n) is 11.3. The summed E-state index contributed by atoms with van der Waals surface area (Å²) in [5, 5.41) is 3.50. The molecule has 100 valence electrons. The van der Waals surface area contributed by atoms with Crippen molar-refractivity contribution < 1.29 is 4.79 Å². The number of nitrogens with zero attached hydrogens (tertiary/aromatic N) is 1. The topological polar surface area (TPSA) is 48.1 Å². The Morgan fingerprint density at radius 3 is 2.89 bits per heavy atom. The lowest BCUT2D eigenvalue weighted by atomic mass is 10.0. The van der Waals surface area contributed by atoms with Gasteiger partial charge in [-0.15, -0.1) is 0 Å². The molecule has 1 aliphatic rings. The van der Waals surface area contributed by atoms with Crippen LogP contribution in [0, 0.1) is 0 Å². The molecular weight excluding hydrogens is 226 g/mol. The molecule has 0 radical (unpaired) electrons. The molecule has 1 aromatic rings. The Morgan fingerprint density at radius 1 is 1.50 bits per heavy atom. The minimum Gasteiger partial charge on any atom is -0.357 e. The van der Waals surface area contributed by atoms with Crippen LogP contribution >= 0.6 is 0 Å². The smallest absolute Gasteiger partial charge is 0.270 e. The molecule has 1 fully saturated rings. The summed E-state index contributed by atoms with van der Waals surface area (Å²) in [6.45, 7) is 6.02. The second kappa shape index (κ2) is 6.05. The molecule has 4 nitrogen and oxygen atoms in total. The lowest BCUT2D eigenvalue weighted by Crippen LogP contribution is -2.48. The highest BCUT2D eigenvalue weighted by molar-refractivity contribution is 5.92. The van der Waals surface area contributed by atoms with Gasteiger partial charge >= 0.3 is 0 Å². The van der Waals surface area contributed by atoms with Crippen LogP contribution in [0.2, 0.25) is 0 Å². The molecule has 2 rings (SSSR count). The van der Waals surface area contributed by atoms with Crippen LogP contribution in [-0.4, -0.2) is 41.0 Å². The maximum Gasteiger partial charge on any atom is 0.270 e. The maximum atomic E-state index is 12.4. The molecule has 0 spiro atoms. The molecule has 1 amide bonds. The van der Waals surface area contributed by atoms with Gasteiger partial charge in [0.05, 0.1) is 0 Å². The Hall–Kier alpha value is -1.29. The number of rotatable bonds is 4. The van der Waals surface area contributed by atoms with Crippen LogP contribution in [-0.2, 0) is 0 Å². The molecule has 4 heteroatoms. The average molecular weight is 249 g/mol. The van der Waals surface area contributed by atoms with Crippen molar-refractivity contribution in [3.8, 4) is 0 Å². The number of aromatic amines is 1. The molecule has 0 saturated carbocycles. The van der Waals surface area contributed by atoms with Gasteiger partial charge in [0.25, 0.3) is 5.91 Å². The van der Waals surface area contributed by atoms with Gasteiger partial charge in [-0.25, -0.2) is 0 Å². The summed E-state index contributed by atoms with van der Waals surface area (Å²) in [6.07, 6.45) is 5.48. The van der Waals surface area contributed by atoms with Gasteiger partial charge in [0, 0.05) is 24.8 Å². The summed E-state index contributed by atoms with van der Waals surface area (Å²) >= 11 is 0. The molecule has 1 unspecified atom stereocenters. The molecule has 2 N–H and O–H groups in total. The van der Waals surface area contributed by atoms with Crippen molar-refractivity contribution in [2.24, 2.45) is 0 Å². The summed E-state index contributed by atoms with van der Waals surface area (Å²) < 4.78 is 0. The predicted molar refractivity (Wildman–Crippen MR) is 72.6 cm³/mol. The second-order valence-electron chi connectivity index (χ2n) is 5.28. The predicted octanol–water partition coefficient (Wildman–Crippen LogP) is 2.01. The van der Waals surface area contributed by atoms with Gasteiger partial charge in [-0.3, -0.25) is 4.79 Å². The molecular formula is C14H23N3O. The maximum absolute atomic E-state index is 12.4. The largest absolute Gasteiger partial charge is 0.357 e. The standard InChI is InChI=1S/C14H23N3O/c1-11(2)17(10-12-6-3-4-8-15-12)14(18)13-7-5-9-16-13/h5,7,9,11-12,15-16H,3-4,6,8,10H2,1-2H3. The number of carbonyl (C=O) groups excluding carboxylic acids is 1. The first-order valence-corrected chi connectivity index (χ1v) is 6.86. The third kappa shape index (κ3) is 3.13. The van der Waals surface area contributed by atoms with Crippen molar-refractivity contribution in [1.82, 2.24) is 15.2 Å². The van der Waals surface area contributed by atoms with Crippen molar-refractivity contribution in [2.75, 3.05) is 13.1 Å². The molecule has 1 aliphatic heterocycles. The van der Waals surface area contributed by atoms with E-state index in [9.17, 15) is 4.79 Å². The summed E-state index contributed by atoms with van der Waals surface area (Å²) in [5.74, 6) is 0.0994. The number of nitrogens with one attached hydrogen (secondary N) is 2. The van der Waals surface area contributed by atoms with E-state index in [1.165, 1.54) is 19.3 Å². The lowest BCUT2D eigenvalue weighted by Gasteiger charge is -2.33. The van der Waals surface area contributed by atoms with Crippen molar-refractivity contribution in [3.05, 3.63) is 24.0 Å². The van der Waals surface area contributed by atoms with Gasteiger partial charge in [-0.2, -0.15) is 0 Å². The van der Waals surface area contributed by atoms with Gasteiger partial charge in [0.15, 0.2) is 0 Å². The van der Waals surface area contributed by atoms with E-state index in [-0.39, 0.29) is 11.9 Å². The van der Waals surface area contributed by atoms with E-state index in [1.807, 2.05) is 17.0 Å². The first kappa shape index (κ1) is 13.1.